The average Bonchev–Trinajstić information content (AvgIpc) is 3.42. The summed E-state index contributed by atoms with van der Waals surface area (Å²) >= 11 is 0. The number of nitrogen functional groups attached to an aromatic ring is 1. The molecular formula is C26H35N6O9P. The van der Waals surface area contributed by atoms with Crippen LogP contribution in [0.15, 0.2) is 48.8 Å². The lowest BCUT2D eigenvalue weighted by Gasteiger charge is -2.34. The van der Waals surface area contributed by atoms with Crippen molar-refractivity contribution >= 4 is 25.1 Å². The molecule has 15 nitrogen and oxygen atoms in total. The summed E-state index contributed by atoms with van der Waals surface area (Å²) in [6.45, 7) is 3.86. The van der Waals surface area contributed by atoms with Gasteiger partial charge in [-0.3, -0.25) is 9.32 Å². The Morgan fingerprint density at radius 3 is 2.48 bits per heavy atom. The molecule has 0 bridgehead atoms. The third-order valence-electron chi connectivity index (χ3n) is 6.38. The average molecular weight is 607 g/mol. The minimum atomic E-state index is -4.47. The fourth-order valence-corrected chi connectivity index (χ4v) is 5.15. The summed E-state index contributed by atoms with van der Waals surface area (Å²) in [5, 5.41) is 38.8. The maximum Gasteiger partial charge on any atom is 0.459 e. The van der Waals surface area contributed by atoms with Crippen molar-refractivity contribution in [2.75, 3.05) is 33.2 Å². The second-order valence-corrected chi connectivity index (χ2v) is 11.6. The Balaban J connectivity index is 1.85. The lowest BCUT2D eigenvalue weighted by Crippen LogP contribution is -2.50. The molecule has 16 heteroatoms. The van der Waals surface area contributed by atoms with E-state index in [0.717, 1.165) is 13.4 Å². The molecule has 2 unspecified atom stereocenters. The van der Waals surface area contributed by atoms with Gasteiger partial charge in [0.25, 0.3) is 0 Å². The summed E-state index contributed by atoms with van der Waals surface area (Å²) in [7, 11) is -1.90. The molecule has 0 fully saturated rings. The number of methoxy groups -OCH3 is 2. The Bertz CT molecular complexity index is 1450. The summed E-state index contributed by atoms with van der Waals surface area (Å²) in [4.78, 5) is 16.5. The van der Waals surface area contributed by atoms with Gasteiger partial charge in [0.1, 0.15) is 55.1 Å². The van der Waals surface area contributed by atoms with Gasteiger partial charge in [-0.25, -0.2) is 14.1 Å². The number of esters is 1. The summed E-state index contributed by atoms with van der Waals surface area (Å²) in [5.41, 5.74) is 3.24. The lowest BCUT2D eigenvalue weighted by molar-refractivity contribution is -0.153. The third kappa shape index (κ3) is 7.61. The number of nitrogens with one attached hydrogen (secondary N) is 1. The molecule has 2 heterocycles. The molecule has 1 aromatic carbocycles. The molecule has 0 aliphatic heterocycles. The van der Waals surface area contributed by atoms with Gasteiger partial charge < -0.3 is 34.7 Å². The van der Waals surface area contributed by atoms with Crippen LogP contribution in [0.1, 0.15) is 32.6 Å². The monoisotopic (exact) mass is 606 g/mol. The number of fused-ring (bicyclic) bond motifs is 1. The van der Waals surface area contributed by atoms with Crippen LogP contribution in [-0.4, -0.2) is 81.6 Å². The first-order chi connectivity index (χ1) is 19.8. The van der Waals surface area contributed by atoms with E-state index in [9.17, 15) is 24.8 Å². The number of nitriles is 1. The number of aromatic nitrogens is 3. The van der Waals surface area contributed by atoms with Crippen molar-refractivity contribution in [1.82, 2.24) is 19.7 Å². The Labute approximate surface area is 242 Å². The first-order valence-electron chi connectivity index (χ1n) is 12.7. The van der Waals surface area contributed by atoms with Crippen LogP contribution < -0.4 is 15.3 Å². The van der Waals surface area contributed by atoms with Crippen molar-refractivity contribution in [2.45, 2.75) is 50.2 Å². The Morgan fingerprint density at radius 1 is 1.17 bits per heavy atom. The number of para-hydroxylation sites is 1. The molecule has 5 N–H and O–H groups in total. The van der Waals surface area contributed by atoms with Crippen molar-refractivity contribution in [3.63, 3.8) is 0 Å². The molecule has 3 aromatic rings. The van der Waals surface area contributed by atoms with E-state index in [-0.39, 0.29) is 23.9 Å². The topological polar surface area (TPSA) is 213 Å². The molecule has 3 rings (SSSR count). The largest absolute Gasteiger partial charge is 0.461 e. The number of benzene rings is 1. The van der Waals surface area contributed by atoms with Gasteiger partial charge in [0.05, 0.1) is 11.3 Å². The van der Waals surface area contributed by atoms with Crippen LogP contribution in [0.25, 0.3) is 5.52 Å². The maximum atomic E-state index is 13.9. The van der Waals surface area contributed by atoms with Gasteiger partial charge in [0, 0.05) is 14.2 Å². The van der Waals surface area contributed by atoms with Crippen molar-refractivity contribution in [1.29, 1.82) is 5.26 Å². The van der Waals surface area contributed by atoms with Crippen LogP contribution in [0.4, 0.5) is 5.82 Å². The van der Waals surface area contributed by atoms with Gasteiger partial charge in [-0.15, -0.1) is 0 Å². The van der Waals surface area contributed by atoms with Gasteiger partial charge in [-0.05, 0) is 45.0 Å². The summed E-state index contributed by atoms with van der Waals surface area (Å²) in [6, 6.07) is 11.5. The molecule has 228 valence electrons. The Kier molecular flexibility index (Phi) is 10.6. The van der Waals surface area contributed by atoms with Crippen LogP contribution in [0.3, 0.4) is 0 Å². The minimum Gasteiger partial charge on any atom is -0.461 e. The Morgan fingerprint density at radius 2 is 1.86 bits per heavy atom. The zero-order chi connectivity index (χ0) is 31.1. The molecule has 0 aliphatic carbocycles. The zero-order valence-corrected chi connectivity index (χ0v) is 24.7. The smallest absolute Gasteiger partial charge is 0.459 e. The SMILES string of the molecule is COC(C)(C)COC(=O)[C@H](C)NP(=O)(OCC(C#N)(OC)[C@@H](O)[C@@H](O)c1ccc2c(N)ncnn12)Oc1ccccc1. The number of rotatable bonds is 15. The molecular weight excluding hydrogens is 571 g/mol. The Hall–Kier alpha value is -3.61. The van der Waals surface area contributed by atoms with E-state index in [1.54, 1.807) is 38.1 Å². The fraction of sp³-hybridized carbons (Fsp3) is 0.462. The van der Waals surface area contributed by atoms with E-state index < -0.39 is 49.8 Å². The standard InChI is InChI=1S/C26H35N6O9P/c1-17(24(35)39-14-25(2,3)37-4)31-42(36,41-18-9-7-6-8-10-18)40-15-26(13-27,38-5)22(34)21(33)19-11-12-20-23(28)29-16-30-32(19)20/h6-12,16-17,21-22,33-34H,14-15H2,1-5H3,(H,31,36)(H2,28,29,30)/t17-,21-,22-,26?,42?/m0/s1. The highest BCUT2D eigenvalue weighted by molar-refractivity contribution is 7.52. The first kappa shape index (κ1) is 32.9. The minimum absolute atomic E-state index is 0.0699. The van der Waals surface area contributed by atoms with Crippen LogP contribution >= 0.6 is 7.75 Å². The number of aliphatic hydroxyl groups excluding tert-OH is 2. The number of carbonyl (C=O) groups is 1. The van der Waals surface area contributed by atoms with E-state index in [0.29, 0.717) is 5.52 Å². The number of hydrogen-bond donors (Lipinski definition) is 4. The molecule has 5 atom stereocenters. The fourth-order valence-electron chi connectivity index (χ4n) is 3.63. The third-order valence-corrected chi connectivity index (χ3v) is 8.01. The molecule has 0 saturated heterocycles. The van der Waals surface area contributed by atoms with E-state index in [1.807, 2.05) is 0 Å². The highest BCUT2D eigenvalue weighted by Gasteiger charge is 2.47. The van der Waals surface area contributed by atoms with Crippen molar-refractivity contribution in [3.8, 4) is 11.8 Å². The lowest BCUT2D eigenvalue weighted by atomic mass is 9.93. The second kappa shape index (κ2) is 13.6. The molecule has 0 aliphatic rings. The van der Waals surface area contributed by atoms with Crippen molar-refractivity contribution in [3.05, 3.63) is 54.5 Å². The second-order valence-electron chi connectivity index (χ2n) is 9.89. The quantitative estimate of drug-likeness (QED) is 0.143. The van der Waals surface area contributed by atoms with Gasteiger partial charge in [-0.1, -0.05) is 18.2 Å². The number of carbonyl (C=O) groups excluding carboxylic acids is 1. The first-order valence-corrected chi connectivity index (χ1v) is 14.2. The molecule has 0 amide bonds. The van der Waals surface area contributed by atoms with E-state index >= 15 is 0 Å². The van der Waals surface area contributed by atoms with Crippen molar-refractivity contribution < 1.29 is 42.8 Å². The number of anilines is 1. The summed E-state index contributed by atoms with van der Waals surface area (Å²) in [6.07, 6.45) is -2.54. The van der Waals surface area contributed by atoms with E-state index in [1.165, 1.54) is 42.8 Å². The number of nitrogens with zero attached hydrogens (tertiary/aromatic N) is 4. The number of aliphatic hydroxyl groups is 2. The van der Waals surface area contributed by atoms with Gasteiger partial charge >= 0.3 is 13.7 Å². The van der Waals surface area contributed by atoms with Gasteiger partial charge in [0.2, 0.25) is 5.60 Å². The van der Waals surface area contributed by atoms with Gasteiger partial charge in [-0.2, -0.15) is 15.4 Å². The van der Waals surface area contributed by atoms with E-state index in [4.69, 9.17) is 29.0 Å². The number of ether oxygens (including phenoxy) is 3. The molecule has 0 saturated carbocycles. The highest BCUT2D eigenvalue weighted by Crippen LogP contribution is 2.46. The molecule has 42 heavy (non-hydrogen) atoms. The predicted molar refractivity (Wildman–Crippen MR) is 149 cm³/mol. The molecule has 0 spiro atoms. The zero-order valence-electron chi connectivity index (χ0n) is 23.8. The molecule has 0 radical (unpaired) electrons. The van der Waals surface area contributed by atoms with Crippen LogP contribution in [-0.2, 0) is 28.1 Å². The maximum absolute atomic E-state index is 13.9. The highest BCUT2D eigenvalue weighted by atomic mass is 31.2. The normalized spacial score (nSPS) is 16.9. The molecule has 2 aromatic heterocycles. The van der Waals surface area contributed by atoms with Gasteiger partial charge in [0.15, 0.2) is 5.82 Å². The van der Waals surface area contributed by atoms with Crippen LogP contribution in [0.5, 0.6) is 5.75 Å². The van der Waals surface area contributed by atoms with Crippen molar-refractivity contribution in [2.24, 2.45) is 0 Å². The van der Waals surface area contributed by atoms with Crippen LogP contribution in [0.2, 0.25) is 0 Å². The van der Waals surface area contributed by atoms with Crippen LogP contribution in [0, 0.1) is 11.3 Å². The number of hydrogen-bond acceptors (Lipinski definition) is 13. The predicted octanol–water partition coefficient (Wildman–Crippen LogP) is 1.76. The summed E-state index contributed by atoms with van der Waals surface area (Å²) in [5.74, 6) is -0.536. The summed E-state index contributed by atoms with van der Waals surface area (Å²) < 4.78 is 42.2. The van der Waals surface area contributed by atoms with E-state index in [2.05, 4.69) is 15.2 Å². The number of nitrogens with two attached hydrogens (primary N) is 1.